The minimum absolute atomic E-state index is 0.198. The van der Waals surface area contributed by atoms with Gasteiger partial charge in [-0.1, -0.05) is 0 Å². The first kappa shape index (κ1) is 12.2. The third-order valence-corrected chi connectivity index (χ3v) is 3.63. The number of nitrogens with zero attached hydrogens (tertiary/aromatic N) is 1. The van der Waals surface area contributed by atoms with E-state index in [0.29, 0.717) is 6.54 Å². The largest absolute Gasteiger partial charge is 0.346 e. The van der Waals surface area contributed by atoms with Crippen LogP contribution in [0, 0.1) is 0 Å². The maximum atomic E-state index is 11.5. The van der Waals surface area contributed by atoms with Crippen molar-refractivity contribution in [2.75, 3.05) is 7.05 Å². The molecule has 6 heteroatoms. The molecular formula is C9H17N3O2S. The second kappa shape index (κ2) is 4.34. The monoisotopic (exact) mass is 231 g/mol. The zero-order valence-corrected chi connectivity index (χ0v) is 10.0. The van der Waals surface area contributed by atoms with Crippen molar-refractivity contribution in [2.45, 2.75) is 31.3 Å². The van der Waals surface area contributed by atoms with Crippen molar-refractivity contribution < 1.29 is 8.42 Å². The smallest absolute Gasteiger partial charge is 0.241 e. The van der Waals surface area contributed by atoms with Crippen LogP contribution in [0.1, 0.15) is 25.6 Å². The third kappa shape index (κ3) is 2.39. The molecule has 0 unspecified atom stereocenters. The van der Waals surface area contributed by atoms with E-state index in [1.54, 1.807) is 12.3 Å². The Morgan fingerprint density at radius 1 is 1.53 bits per heavy atom. The number of hydrogen-bond donors (Lipinski definition) is 2. The Balaban J connectivity index is 3.26. The molecule has 3 N–H and O–H groups in total. The molecule has 0 saturated heterocycles. The third-order valence-electron chi connectivity index (χ3n) is 2.25. The van der Waals surface area contributed by atoms with Gasteiger partial charge < -0.3 is 10.3 Å². The first-order valence-electron chi connectivity index (χ1n) is 4.76. The molecule has 0 atom stereocenters. The Morgan fingerprint density at radius 3 is 2.47 bits per heavy atom. The minimum atomic E-state index is -3.37. The number of aromatic nitrogens is 1. The fraction of sp³-hybridized carbons (Fsp3) is 0.556. The van der Waals surface area contributed by atoms with Gasteiger partial charge in [0.1, 0.15) is 0 Å². The van der Waals surface area contributed by atoms with Crippen LogP contribution in [0.4, 0.5) is 0 Å². The Kier molecular flexibility index (Phi) is 3.54. The molecule has 86 valence electrons. The van der Waals surface area contributed by atoms with Crippen molar-refractivity contribution in [1.82, 2.24) is 9.29 Å². The van der Waals surface area contributed by atoms with Gasteiger partial charge in [-0.3, -0.25) is 0 Å². The molecule has 1 aromatic rings. The van der Waals surface area contributed by atoms with E-state index in [0.717, 1.165) is 5.69 Å². The summed E-state index contributed by atoms with van der Waals surface area (Å²) in [5, 5.41) is 0. The Labute approximate surface area is 90.3 Å². The highest BCUT2D eigenvalue weighted by atomic mass is 32.2. The Morgan fingerprint density at radius 2 is 2.13 bits per heavy atom. The predicted molar refractivity (Wildman–Crippen MR) is 59.0 cm³/mol. The molecule has 1 heterocycles. The van der Waals surface area contributed by atoms with Gasteiger partial charge in [0.05, 0.1) is 4.90 Å². The van der Waals surface area contributed by atoms with E-state index in [1.165, 1.54) is 7.05 Å². The van der Waals surface area contributed by atoms with E-state index in [1.807, 2.05) is 18.4 Å². The standard InChI is InChI=1S/C9H17N3O2S/c1-7(2)12-6-9(4-8(12)5-10)15(13,14)11-3/h4,6-7,11H,5,10H2,1-3H3. The van der Waals surface area contributed by atoms with E-state index >= 15 is 0 Å². The summed E-state index contributed by atoms with van der Waals surface area (Å²) in [5.41, 5.74) is 6.37. The molecule has 0 aliphatic rings. The molecule has 0 saturated carbocycles. The number of nitrogens with one attached hydrogen (secondary N) is 1. The van der Waals surface area contributed by atoms with Crippen LogP contribution in [-0.4, -0.2) is 20.0 Å². The van der Waals surface area contributed by atoms with Crippen molar-refractivity contribution in [3.8, 4) is 0 Å². The van der Waals surface area contributed by atoms with Crippen LogP contribution in [0.5, 0.6) is 0 Å². The average Bonchev–Trinajstić information content (AvgIpc) is 2.62. The summed E-state index contributed by atoms with van der Waals surface area (Å²) in [5.74, 6) is 0. The van der Waals surface area contributed by atoms with Crippen molar-refractivity contribution in [1.29, 1.82) is 0 Å². The van der Waals surface area contributed by atoms with Crippen molar-refractivity contribution in [3.63, 3.8) is 0 Å². The van der Waals surface area contributed by atoms with Gasteiger partial charge in [-0.05, 0) is 27.0 Å². The Hall–Kier alpha value is -0.850. The van der Waals surface area contributed by atoms with Gasteiger partial charge in [0, 0.05) is 24.5 Å². The van der Waals surface area contributed by atoms with Crippen LogP contribution in [0.2, 0.25) is 0 Å². The van der Waals surface area contributed by atoms with E-state index in [4.69, 9.17) is 5.73 Å². The zero-order chi connectivity index (χ0) is 11.6. The summed E-state index contributed by atoms with van der Waals surface area (Å²) in [4.78, 5) is 0.263. The molecule has 0 aliphatic heterocycles. The lowest BCUT2D eigenvalue weighted by atomic mass is 10.3. The second-order valence-corrected chi connectivity index (χ2v) is 5.47. The van der Waals surface area contributed by atoms with Crippen LogP contribution in [-0.2, 0) is 16.6 Å². The van der Waals surface area contributed by atoms with Crippen LogP contribution in [0.15, 0.2) is 17.2 Å². The lowest BCUT2D eigenvalue weighted by Gasteiger charge is -2.10. The van der Waals surface area contributed by atoms with Crippen LogP contribution in [0.3, 0.4) is 0 Å². The molecule has 1 aromatic heterocycles. The lowest BCUT2D eigenvalue weighted by molar-refractivity contribution is 0.571. The highest BCUT2D eigenvalue weighted by Gasteiger charge is 2.16. The van der Waals surface area contributed by atoms with E-state index < -0.39 is 10.0 Å². The molecule has 0 aromatic carbocycles. The normalized spacial score (nSPS) is 12.3. The number of nitrogens with two attached hydrogens (primary N) is 1. The second-order valence-electron chi connectivity index (χ2n) is 3.58. The molecule has 5 nitrogen and oxygen atoms in total. The fourth-order valence-electron chi connectivity index (χ4n) is 1.41. The molecule has 15 heavy (non-hydrogen) atoms. The van der Waals surface area contributed by atoms with Gasteiger partial charge in [-0.25, -0.2) is 13.1 Å². The van der Waals surface area contributed by atoms with Gasteiger partial charge in [-0.15, -0.1) is 0 Å². The topological polar surface area (TPSA) is 77.1 Å². The molecule has 0 bridgehead atoms. The minimum Gasteiger partial charge on any atom is -0.346 e. The molecule has 0 aliphatic carbocycles. The SMILES string of the molecule is CNS(=O)(=O)c1cc(CN)n(C(C)C)c1. The molecule has 0 spiro atoms. The predicted octanol–water partition coefficient (Wildman–Crippen LogP) is 0.436. The first-order valence-corrected chi connectivity index (χ1v) is 6.25. The highest BCUT2D eigenvalue weighted by Crippen LogP contribution is 2.18. The van der Waals surface area contributed by atoms with Crippen molar-refractivity contribution in [2.24, 2.45) is 5.73 Å². The first-order chi connectivity index (χ1) is 6.92. The summed E-state index contributed by atoms with van der Waals surface area (Å²) < 4.78 is 27.2. The molecule has 0 fully saturated rings. The van der Waals surface area contributed by atoms with Gasteiger partial charge in [0.2, 0.25) is 10.0 Å². The highest BCUT2D eigenvalue weighted by molar-refractivity contribution is 7.89. The summed E-state index contributed by atoms with van der Waals surface area (Å²) in [6.45, 7) is 4.29. The van der Waals surface area contributed by atoms with Gasteiger partial charge >= 0.3 is 0 Å². The molecule has 0 amide bonds. The maximum Gasteiger partial charge on any atom is 0.241 e. The van der Waals surface area contributed by atoms with Crippen LogP contribution >= 0.6 is 0 Å². The van der Waals surface area contributed by atoms with Crippen LogP contribution in [0.25, 0.3) is 0 Å². The van der Waals surface area contributed by atoms with E-state index in [9.17, 15) is 8.42 Å². The quantitative estimate of drug-likeness (QED) is 0.789. The molecule has 0 radical (unpaired) electrons. The van der Waals surface area contributed by atoms with Crippen LogP contribution < -0.4 is 10.5 Å². The van der Waals surface area contributed by atoms with Crippen molar-refractivity contribution >= 4 is 10.0 Å². The number of rotatable bonds is 4. The van der Waals surface area contributed by atoms with Gasteiger partial charge in [0.25, 0.3) is 0 Å². The molecular weight excluding hydrogens is 214 g/mol. The summed E-state index contributed by atoms with van der Waals surface area (Å²) in [7, 11) is -1.98. The summed E-state index contributed by atoms with van der Waals surface area (Å²) >= 11 is 0. The molecule has 1 rings (SSSR count). The van der Waals surface area contributed by atoms with Gasteiger partial charge in [0.15, 0.2) is 0 Å². The van der Waals surface area contributed by atoms with E-state index in [2.05, 4.69) is 4.72 Å². The summed E-state index contributed by atoms with van der Waals surface area (Å²) in [6.07, 6.45) is 1.61. The van der Waals surface area contributed by atoms with E-state index in [-0.39, 0.29) is 10.9 Å². The lowest BCUT2D eigenvalue weighted by Crippen LogP contribution is -2.17. The number of hydrogen-bond acceptors (Lipinski definition) is 3. The average molecular weight is 231 g/mol. The Bertz CT molecular complexity index is 434. The van der Waals surface area contributed by atoms with Crippen molar-refractivity contribution in [3.05, 3.63) is 18.0 Å². The maximum absolute atomic E-state index is 11.5. The van der Waals surface area contributed by atoms with Gasteiger partial charge in [-0.2, -0.15) is 0 Å². The number of sulfonamides is 1. The summed E-state index contributed by atoms with van der Waals surface area (Å²) in [6, 6.07) is 1.80. The fourth-order valence-corrected chi connectivity index (χ4v) is 2.19. The zero-order valence-electron chi connectivity index (χ0n) is 9.19.